The Bertz CT molecular complexity index is 3260. The number of carbonyl (C=O) groups is 1. The number of nitrogen functional groups attached to an aromatic ring is 1. The number of nitrogens with one attached hydrogen (secondary N) is 4. The zero-order valence-electron chi connectivity index (χ0n) is 39.9. The van der Waals surface area contributed by atoms with Crippen molar-refractivity contribution in [3.8, 4) is 40.1 Å². The molecule has 5 heterocycles. The van der Waals surface area contributed by atoms with Gasteiger partial charge in [-0.15, -0.1) is 0 Å². The third-order valence-electron chi connectivity index (χ3n) is 15.5. The summed E-state index contributed by atoms with van der Waals surface area (Å²) in [6, 6.07) is 15.9. The highest BCUT2D eigenvalue weighted by atomic mass is 16.7. The number of nitrogens with two attached hydrogens (primary N) is 2. The number of dihydropyridines is 1. The number of fused-ring (bicyclic) bond motifs is 5. The lowest BCUT2D eigenvalue weighted by atomic mass is 9.51. The summed E-state index contributed by atoms with van der Waals surface area (Å²) in [4.78, 5) is 30.5. The van der Waals surface area contributed by atoms with Gasteiger partial charge in [-0.1, -0.05) is 36.3 Å². The number of aliphatic hydroxyl groups excluding tert-OH is 4. The smallest absolute Gasteiger partial charge is 0.336 e. The Labute approximate surface area is 426 Å². The molecular weight excluding hydrogens is 977 g/mol. The molecule has 0 amide bonds. The van der Waals surface area contributed by atoms with Gasteiger partial charge in [0.2, 0.25) is 18.3 Å². The fourth-order valence-corrected chi connectivity index (χ4v) is 12.1. The van der Waals surface area contributed by atoms with Gasteiger partial charge in [-0.2, -0.15) is 0 Å². The maximum atomic E-state index is 14.1. The number of H-pyrrole nitrogens is 1. The minimum atomic E-state index is -2.79. The lowest BCUT2D eigenvalue weighted by Crippen LogP contribution is -2.80. The van der Waals surface area contributed by atoms with Gasteiger partial charge < -0.3 is 96.4 Å². The van der Waals surface area contributed by atoms with Crippen LogP contribution in [-0.4, -0.2) is 125 Å². The number of carboxylic acid groups (broad SMARTS) is 1. The van der Waals surface area contributed by atoms with Crippen LogP contribution < -0.4 is 47.1 Å². The number of phenols is 2. The molecule has 2 saturated heterocycles. The zero-order valence-corrected chi connectivity index (χ0v) is 39.9. The van der Waals surface area contributed by atoms with Crippen molar-refractivity contribution in [1.82, 2.24) is 20.9 Å². The first-order chi connectivity index (χ1) is 35.9. The average Bonchev–Trinajstić information content (AvgIpc) is 4.19. The Morgan fingerprint density at radius 1 is 1.00 bits per heavy atom. The number of aromatic hydroxyl groups is 2. The highest BCUT2D eigenvalue weighted by Crippen LogP contribution is 2.64. The molecule has 6 aliphatic rings. The average molecular weight is 1030 g/mol. The largest absolute Gasteiger partial charge is 0.508 e. The number of carboxylic acids is 1. The molecule has 17 N–H and O–H groups in total. The number of aliphatic carboxylic acids is 1. The molecular formula is C53H56N6O16. The quantitative estimate of drug-likeness (QED) is 0.0553. The molecule has 75 heavy (non-hydrogen) atoms. The van der Waals surface area contributed by atoms with Crippen molar-refractivity contribution in [2.24, 2.45) is 23.0 Å². The van der Waals surface area contributed by atoms with Crippen molar-refractivity contribution in [3.05, 3.63) is 141 Å². The molecule has 1 saturated carbocycles. The zero-order chi connectivity index (χ0) is 52.7. The van der Waals surface area contributed by atoms with Crippen LogP contribution in [0.3, 0.4) is 0 Å². The summed E-state index contributed by atoms with van der Waals surface area (Å²) in [6.45, 7) is 0.336. The van der Waals surface area contributed by atoms with Gasteiger partial charge in [-0.25, -0.2) is 4.79 Å². The van der Waals surface area contributed by atoms with E-state index < -0.39 is 106 Å². The second-order valence-corrected chi connectivity index (χ2v) is 19.9. The summed E-state index contributed by atoms with van der Waals surface area (Å²) >= 11 is 0. The maximum Gasteiger partial charge on any atom is 0.336 e. The van der Waals surface area contributed by atoms with E-state index in [9.17, 15) is 55.5 Å². The number of hydrogen-bond acceptors (Lipinski definition) is 20. The van der Waals surface area contributed by atoms with Crippen LogP contribution in [0.2, 0.25) is 0 Å². The van der Waals surface area contributed by atoms with Gasteiger partial charge in [0, 0.05) is 66.1 Å². The number of aliphatic hydroxyl groups is 6. The Morgan fingerprint density at radius 3 is 2.51 bits per heavy atom. The second kappa shape index (κ2) is 18.8. The second-order valence-electron chi connectivity index (χ2n) is 19.9. The van der Waals surface area contributed by atoms with Gasteiger partial charge in [-0.05, 0) is 90.6 Å². The summed E-state index contributed by atoms with van der Waals surface area (Å²) < 4.78 is 30.6. The van der Waals surface area contributed by atoms with Crippen LogP contribution >= 0.6 is 0 Å². The number of hydrogen-bond donors (Lipinski definition) is 15. The first-order valence-electron chi connectivity index (χ1n) is 24.4. The molecule has 3 aliphatic carbocycles. The van der Waals surface area contributed by atoms with Crippen molar-refractivity contribution < 1.29 is 74.1 Å². The standard InChI is InChI=1S/C53H56N6O16/c54-39-13-12-32(59-39)43(63)38(22-60)71-29-10-7-24(8-11-29)35-17-34(62)41-36(72-35)18-37(45(44(41)64)74-48(67)25-3-1-5-28(61)15-25)73-50-52(69)19-31(51-14-2-4-27(51)9-6-26-20-57-40(55)16-30(26)51)42(33-21-56-23-58-33)53(70,49(52)68)46(75-50)47(65)66/h1,3,5-13,15-19,27,33,38,42-43,46,48-50,56-61,63-64,67-70H,2,4,14,20-23,54-55H2,(H,65,66). The van der Waals surface area contributed by atoms with E-state index in [2.05, 4.69) is 27.0 Å². The van der Waals surface area contributed by atoms with Gasteiger partial charge in [-0.3, -0.25) is 10.1 Å². The van der Waals surface area contributed by atoms with Crippen LogP contribution in [0.5, 0.6) is 28.7 Å². The predicted octanol–water partition coefficient (Wildman–Crippen LogP) is 1.47. The predicted molar refractivity (Wildman–Crippen MR) is 265 cm³/mol. The highest BCUT2D eigenvalue weighted by molar-refractivity contribution is 5.89. The summed E-state index contributed by atoms with van der Waals surface area (Å²) in [5, 5.41) is 114. The van der Waals surface area contributed by atoms with Crippen LogP contribution in [0.4, 0.5) is 5.82 Å². The number of allylic oxidation sites excluding steroid dienone is 3. The van der Waals surface area contributed by atoms with Crippen LogP contribution in [0.1, 0.15) is 42.9 Å². The molecule has 2 aromatic heterocycles. The summed E-state index contributed by atoms with van der Waals surface area (Å²) in [5.74, 6) is -4.78. The molecule has 22 nitrogen and oxygen atoms in total. The number of anilines is 1. The molecule has 3 aliphatic heterocycles. The molecule has 0 spiro atoms. The molecule has 12 unspecified atom stereocenters. The molecule has 5 aromatic rings. The normalized spacial score (nSPS) is 30.1. The third kappa shape index (κ3) is 8.16. The lowest BCUT2D eigenvalue weighted by Gasteiger charge is -2.61. The minimum Gasteiger partial charge on any atom is -0.508 e. The van der Waals surface area contributed by atoms with E-state index in [1.807, 2.05) is 12.2 Å². The Hall–Kier alpha value is -7.38. The van der Waals surface area contributed by atoms with E-state index in [0.717, 1.165) is 23.3 Å². The van der Waals surface area contributed by atoms with Gasteiger partial charge in [0.15, 0.2) is 34.7 Å². The monoisotopic (exact) mass is 1030 g/mol. The Kier molecular flexibility index (Phi) is 12.5. The van der Waals surface area contributed by atoms with E-state index in [0.29, 0.717) is 54.3 Å². The van der Waals surface area contributed by atoms with E-state index in [-0.39, 0.29) is 47.5 Å². The van der Waals surface area contributed by atoms with E-state index in [4.69, 9.17) is 34.8 Å². The summed E-state index contributed by atoms with van der Waals surface area (Å²) in [6.07, 6.45) is -2.04. The van der Waals surface area contributed by atoms with Gasteiger partial charge in [0.05, 0.1) is 12.4 Å². The molecule has 2 bridgehead atoms. The SMILES string of the molecule is NC1=CC2=C(C=CC3CCCC23C2=CC3(O)C(Oc4cc5oc(-c6ccc(OC(CO)C(O)c7ccc(N)[nH]7)cc6)cc(=O)c5c(O)c4OC(O)c4cccc(O)c4)OC(C(=O)O)C(O)(C2C2CNCN2)C3O)CN1. The van der Waals surface area contributed by atoms with Crippen molar-refractivity contribution in [2.45, 2.75) is 73.5 Å². The fourth-order valence-electron chi connectivity index (χ4n) is 12.1. The van der Waals surface area contributed by atoms with Crippen molar-refractivity contribution in [1.29, 1.82) is 0 Å². The Morgan fingerprint density at radius 2 is 1.80 bits per heavy atom. The van der Waals surface area contributed by atoms with Crippen LogP contribution in [0.25, 0.3) is 22.3 Å². The number of aromatic nitrogens is 1. The number of phenolic OH excluding ortho intramolecular Hbond substituents is 2. The number of benzene rings is 3. The van der Waals surface area contributed by atoms with E-state index in [1.54, 1.807) is 12.1 Å². The molecule has 12 atom stereocenters. The molecule has 22 heteroatoms. The first-order valence-corrected chi connectivity index (χ1v) is 24.4. The van der Waals surface area contributed by atoms with E-state index in [1.165, 1.54) is 54.6 Å². The van der Waals surface area contributed by atoms with Crippen LogP contribution in [-0.2, 0) is 9.53 Å². The summed E-state index contributed by atoms with van der Waals surface area (Å²) in [5.41, 5.74) is 7.26. The molecule has 394 valence electrons. The van der Waals surface area contributed by atoms with Crippen LogP contribution in [0.15, 0.2) is 129 Å². The topological polar surface area (TPSA) is 370 Å². The first kappa shape index (κ1) is 49.8. The van der Waals surface area contributed by atoms with Gasteiger partial charge >= 0.3 is 5.97 Å². The maximum absolute atomic E-state index is 14.1. The minimum absolute atomic E-state index is 0.0165. The number of ether oxygens (including phenoxy) is 4. The van der Waals surface area contributed by atoms with E-state index >= 15 is 0 Å². The summed E-state index contributed by atoms with van der Waals surface area (Å²) in [7, 11) is 0. The Balaban J connectivity index is 1.03. The number of aromatic amines is 1. The molecule has 0 radical (unpaired) electrons. The van der Waals surface area contributed by atoms with Crippen molar-refractivity contribution in [2.75, 3.05) is 32.1 Å². The van der Waals surface area contributed by atoms with Crippen molar-refractivity contribution >= 4 is 22.8 Å². The fraction of sp³-hybridized carbons (Fsp3) is 0.358. The number of rotatable bonds is 14. The van der Waals surface area contributed by atoms with Gasteiger partial charge in [0.25, 0.3) is 0 Å². The molecule has 11 rings (SSSR count). The molecule has 3 aromatic carbocycles. The van der Waals surface area contributed by atoms with Crippen molar-refractivity contribution in [3.63, 3.8) is 0 Å². The molecule has 3 fully saturated rings. The van der Waals surface area contributed by atoms with Gasteiger partial charge in [0.1, 0.15) is 51.9 Å². The van der Waals surface area contributed by atoms with Crippen LogP contribution in [0, 0.1) is 17.3 Å². The third-order valence-corrected chi connectivity index (χ3v) is 15.5. The highest BCUT2D eigenvalue weighted by Gasteiger charge is 2.74. The lowest BCUT2D eigenvalue weighted by molar-refractivity contribution is -0.345.